The van der Waals surface area contributed by atoms with Crippen LogP contribution in [0.2, 0.25) is 5.15 Å². The molecule has 0 atom stereocenters. The number of nitrogens with zero attached hydrogens (tertiary/aromatic N) is 3. The largest absolute Gasteiger partial charge is 0.443 e. The number of anilines is 1. The zero-order valence-electron chi connectivity index (χ0n) is 16.5. The van der Waals surface area contributed by atoms with Gasteiger partial charge >= 0.3 is 12.3 Å². The number of hydrogen-bond donors (Lipinski definition) is 0. The molecule has 30 heavy (non-hydrogen) atoms. The van der Waals surface area contributed by atoms with E-state index in [0.717, 1.165) is 25.1 Å². The Morgan fingerprint density at radius 2 is 1.90 bits per heavy atom. The van der Waals surface area contributed by atoms with E-state index in [-0.39, 0.29) is 21.9 Å². The van der Waals surface area contributed by atoms with Crippen molar-refractivity contribution < 1.29 is 27.1 Å². The van der Waals surface area contributed by atoms with Crippen molar-refractivity contribution in [1.82, 2.24) is 9.97 Å². The van der Waals surface area contributed by atoms with Gasteiger partial charge in [0.05, 0.1) is 11.1 Å². The van der Waals surface area contributed by atoms with E-state index in [0.29, 0.717) is 24.2 Å². The van der Waals surface area contributed by atoms with Crippen molar-refractivity contribution in [2.45, 2.75) is 64.3 Å². The normalized spacial score (nSPS) is 15.5. The van der Waals surface area contributed by atoms with Crippen LogP contribution in [0.3, 0.4) is 0 Å². The highest BCUT2D eigenvalue weighted by Crippen LogP contribution is 2.45. The summed E-state index contributed by atoms with van der Waals surface area (Å²) in [5.41, 5.74) is -2.50. The summed E-state index contributed by atoms with van der Waals surface area (Å²) in [5, 5.41) is -0.347. The topological polar surface area (TPSA) is 55.3 Å². The molecule has 2 aromatic heterocycles. The van der Waals surface area contributed by atoms with E-state index in [1.165, 1.54) is 4.90 Å². The van der Waals surface area contributed by atoms with E-state index < -0.39 is 34.3 Å². The molecular formula is C19H20ClF4N3O2S. The fourth-order valence-corrected chi connectivity index (χ4v) is 4.55. The van der Waals surface area contributed by atoms with E-state index in [1.807, 2.05) is 0 Å². The Labute approximate surface area is 180 Å². The van der Waals surface area contributed by atoms with Crippen molar-refractivity contribution in [3.8, 4) is 10.4 Å². The average Bonchev–Trinajstić information content (AvgIpc) is 3.25. The number of hydrogen-bond acceptors (Lipinski definition) is 5. The van der Waals surface area contributed by atoms with Gasteiger partial charge in [0.15, 0.2) is 10.8 Å². The first-order valence-corrected chi connectivity index (χ1v) is 10.5. The first-order valence-electron chi connectivity index (χ1n) is 9.28. The molecule has 11 heteroatoms. The van der Waals surface area contributed by atoms with Crippen LogP contribution >= 0.6 is 22.9 Å². The zero-order chi connectivity index (χ0) is 22.3. The van der Waals surface area contributed by atoms with E-state index in [1.54, 1.807) is 20.8 Å². The number of alkyl halides is 3. The van der Waals surface area contributed by atoms with Crippen LogP contribution in [0.4, 0.5) is 27.5 Å². The van der Waals surface area contributed by atoms with Crippen LogP contribution < -0.4 is 4.90 Å². The lowest BCUT2D eigenvalue weighted by Gasteiger charge is -2.29. The van der Waals surface area contributed by atoms with Gasteiger partial charge in [0.25, 0.3) is 0 Å². The minimum atomic E-state index is -4.86. The van der Waals surface area contributed by atoms with Crippen molar-refractivity contribution in [3.05, 3.63) is 28.9 Å². The molecule has 2 heterocycles. The number of carbonyl (C=O) groups is 1. The molecule has 1 fully saturated rings. The third-order valence-electron chi connectivity index (χ3n) is 4.44. The number of pyridine rings is 1. The SMILES string of the molecule is CC(C)(C)OC(=O)N(c1nc(C(F)(F)F)c(-c2cc(Cl)ncc2F)s1)C1CCCC1. The second-order valence-electron chi connectivity index (χ2n) is 7.95. The second kappa shape index (κ2) is 8.30. The minimum Gasteiger partial charge on any atom is -0.443 e. The molecule has 1 aliphatic rings. The third kappa shape index (κ3) is 5.03. The average molecular weight is 466 g/mol. The van der Waals surface area contributed by atoms with E-state index in [9.17, 15) is 22.4 Å². The molecule has 0 unspecified atom stereocenters. The predicted octanol–water partition coefficient (Wildman–Crippen LogP) is 6.70. The van der Waals surface area contributed by atoms with Crippen LogP contribution in [-0.4, -0.2) is 27.7 Å². The smallest absolute Gasteiger partial charge is 0.434 e. The first kappa shape index (κ1) is 22.7. The number of aromatic nitrogens is 2. The van der Waals surface area contributed by atoms with Gasteiger partial charge in [0.2, 0.25) is 0 Å². The number of amides is 1. The van der Waals surface area contributed by atoms with Crippen molar-refractivity contribution in [1.29, 1.82) is 0 Å². The highest BCUT2D eigenvalue weighted by atomic mass is 35.5. The summed E-state index contributed by atoms with van der Waals surface area (Å²) >= 11 is 6.35. The molecule has 3 rings (SSSR count). The van der Waals surface area contributed by atoms with Crippen LogP contribution in [0.15, 0.2) is 12.3 Å². The Morgan fingerprint density at radius 3 is 2.47 bits per heavy atom. The molecule has 1 saturated carbocycles. The number of halogens is 5. The summed E-state index contributed by atoms with van der Waals surface area (Å²) < 4.78 is 60.9. The van der Waals surface area contributed by atoms with Crippen LogP contribution in [0.1, 0.15) is 52.1 Å². The lowest BCUT2D eigenvalue weighted by Crippen LogP contribution is -2.42. The Hall–Kier alpha value is -1.94. The van der Waals surface area contributed by atoms with Gasteiger partial charge in [-0.1, -0.05) is 35.8 Å². The molecule has 0 radical (unpaired) electrons. The summed E-state index contributed by atoms with van der Waals surface area (Å²) in [6.07, 6.45) is -1.99. The molecule has 2 aromatic rings. The van der Waals surface area contributed by atoms with Gasteiger partial charge in [0, 0.05) is 11.6 Å². The zero-order valence-corrected chi connectivity index (χ0v) is 18.1. The number of thiazole rings is 1. The van der Waals surface area contributed by atoms with E-state index >= 15 is 0 Å². The molecule has 0 aliphatic heterocycles. The van der Waals surface area contributed by atoms with Gasteiger partial charge in [-0.05, 0) is 39.7 Å². The molecule has 1 amide bonds. The maximum Gasteiger partial charge on any atom is 0.434 e. The molecule has 1 aliphatic carbocycles. The molecule has 5 nitrogen and oxygen atoms in total. The maximum absolute atomic E-state index is 14.3. The van der Waals surface area contributed by atoms with Crippen LogP contribution in [-0.2, 0) is 10.9 Å². The Morgan fingerprint density at radius 1 is 1.27 bits per heavy atom. The van der Waals surface area contributed by atoms with Gasteiger partial charge in [-0.2, -0.15) is 13.2 Å². The summed E-state index contributed by atoms with van der Waals surface area (Å²) in [6, 6.07) is 0.669. The van der Waals surface area contributed by atoms with Crippen molar-refractivity contribution >= 4 is 34.2 Å². The summed E-state index contributed by atoms with van der Waals surface area (Å²) in [4.78, 5) is 20.8. The number of rotatable bonds is 3. The Bertz CT molecular complexity index is 937. The third-order valence-corrected chi connectivity index (χ3v) is 5.73. The summed E-state index contributed by atoms with van der Waals surface area (Å²) in [6.45, 7) is 5.00. The van der Waals surface area contributed by atoms with E-state index in [4.69, 9.17) is 16.3 Å². The molecule has 0 bridgehead atoms. The molecular weight excluding hydrogens is 446 g/mol. The quantitative estimate of drug-likeness (QED) is 0.374. The van der Waals surface area contributed by atoms with E-state index in [2.05, 4.69) is 9.97 Å². The number of carbonyl (C=O) groups excluding carboxylic acids is 1. The van der Waals surface area contributed by atoms with Gasteiger partial charge in [-0.3, -0.25) is 0 Å². The lowest BCUT2D eigenvalue weighted by molar-refractivity contribution is -0.140. The van der Waals surface area contributed by atoms with Crippen LogP contribution in [0.25, 0.3) is 10.4 Å². The fourth-order valence-electron chi connectivity index (χ4n) is 3.23. The van der Waals surface area contributed by atoms with Gasteiger partial charge < -0.3 is 4.74 Å². The van der Waals surface area contributed by atoms with Gasteiger partial charge in [-0.25, -0.2) is 24.1 Å². The molecule has 0 N–H and O–H groups in total. The predicted molar refractivity (Wildman–Crippen MR) is 106 cm³/mol. The second-order valence-corrected chi connectivity index (χ2v) is 9.31. The molecule has 0 saturated heterocycles. The highest BCUT2D eigenvalue weighted by molar-refractivity contribution is 7.19. The fraction of sp³-hybridized carbons (Fsp3) is 0.526. The summed E-state index contributed by atoms with van der Waals surface area (Å²) in [5.74, 6) is -0.968. The van der Waals surface area contributed by atoms with Crippen LogP contribution in [0.5, 0.6) is 0 Å². The monoisotopic (exact) mass is 465 g/mol. The molecule has 164 valence electrons. The first-order chi connectivity index (χ1) is 13.9. The highest BCUT2D eigenvalue weighted by Gasteiger charge is 2.41. The van der Waals surface area contributed by atoms with Gasteiger partial charge in [-0.15, -0.1) is 0 Å². The van der Waals surface area contributed by atoms with Crippen molar-refractivity contribution in [2.75, 3.05) is 4.90 Å². The minimum absolute atomic E-state index is 0.158. The van der Waals surface area contributed by atoms with Crippen molar-refractivity contribution in [3.63, 3.8) is 0 Å². The Kier molecular flexibility index (Phi) is 6.29. The van der Waals surface area contributed by atoms with Gasteiger partial charge in [0.1, 0.15) is 16.6 Å². The van der Waals surface area contributed by atoms with Crippen LogP contribution in [0, 0.1) is 5.82 Å². The molecule has 0 aromatic carbocycles. The number of ether oxygens (including phenoxy) is 1. The lowest BCUT2D eigenvalue weighted by atomic mass is 10.2. The maximum atomic E-state index is 14.3. The molecule has 0 spiro atoms. The standard InChI is InChI=1S/C19H20ClF4N3O2S/c1-18(2,3)29-17(28)27(10-6-4-5-7-10)16-26-15(19(22,23)24)14(30-16)11-8-13(20)25-9-12(11)21/h8-10H,4-7H2,1-3H3. The summed E-state index contributed by atoms with van der Waals surface area (Å²) in [7, 11) is 0. The van der Waals surface area contributed by atoms with Crippen molar-refractivity contribution in [2.24, 2.45) is 0 Å². The Balaban J connectivity index is 2.14.